The molecule has 0 aliphatic carbocycles. The highest BCUT2D eigenvalue weighted by Gasteiger charge is 2.40. The third-order valence-corrected chi connectivity index (χ3v) is 9.18. The lowest BCUT2D eigenvalue weighted by Gasteiger charge is -2.40. The Balaban J connectivity index is 1.63. The van der Waals surface area contributed by atoms with Gasteiger partial charge in [0.1, 0.15) is 35.8 Å². The van der Waals surface area contributed by atoms with Gasteiger partial charge in [0.05, 0.1) is 7.11 Å². The topological polar surface area (TPSA) is 204 Å². The predicted molar refractivity (Wildman–Crippen MR) is 185 cm³/mol. The highest BCUT2D eigenvalue weighted by Crippen LogP contribution is 2.25. The molecule has 0 bridgehead atoms. The minimum atomic E-state index is -1.14. The molecule has 14 nitrogen and oxygen atoms in total. The van der Waals surface area contributed by atoms with Crippen LogP contribution in [0.25, 0.3) is 10.9 Å². The molecule has 1 aliphatic heterocycles. The Morgan fingerprint density at radius 1 is 1.04 bits per heavy atom. The number of hydrogen-bond acceptors (Lipinski definition) is 8. The number of rotatable bonds is 15. The summed E-state index contributed by atoms with van der Waals surface area (Å²) in [5.41, 5.74) is 7.93. The first-order valence-electron chi connectivity index (χ1n) is 16.3. The van der Waals surface area contributed by atoms with Crippen LogP contribution in [0.1, 0.15) is 43.2 Å². The van der Waals surface area contributed by atoms with E-state index in [1.807, 2.05) is 24.3 Å². The van der Waals surface area contributed by atoms with Crippen molar-refractivity contribution in [2.75, 3.05) is 26.6 Å². The number of methoxy groups -OCH3 is 1. The number of nitrogens with one attached hydrogen (secondary N) is 3. The zero-order chi connectivity index (χ0) is 36.4. The Labute approximate surface area is 294 Å². The lowest BCUT2D eigenvalue weighted by atomic mass is 9.96. The first kappa shape index (κ1) is 37.7. The maximum absolute atomic E-state index is 14.4. The summed E-state index contributed by atoms with van der Waals surface area (Å²) in [4.78, 5) is 84.9. The van der Waals surface area contributed by atoms with Crippen LogP contribution < -0.4 is 16.4 Å². The smallest absolute Gasteiger partial charge is 0.305 e. The number of likely N-dealkylation sites (tertiary alicyclic amines) is 1. The number of aromatic nitrogens is 1. The quantitative estimate of drug-likeness (QED) is 0.115. The van der Waals surface area contributed by atoms with Crippen LogP contribution >= 0.6 is 11.6 Å². The summed E-state index contributed by atoms with van der Waals surface area (Å²) < 4.78 is 4.70. The minimum Gasteiger partial charge on any atom is -0.508 e. The van der Waals surface area contributed by atoms with Crippen molar-refractivity contribution < 1.29 is 38.6 Å². The number of fused-ring (bicyclic) bond motifs is 1. The molecule has 1 aromatic heterocycles. The lowest BCUT2D eigenvalue weighted by molar-refractivity contribution is -0.152. The van der Waals surface area contributed by atoms with Gasteiger partial charge in [0.15, 0.2) is 0 Å². The van der Waals surface area contributed by atoms with Crippen LogP contribution in [0.5, 0.6) is 5.75 Å². The van der Waals surface area contributed by atoms with E-state index in [4.69, 9.17) is 22.1 Å². The van der Waals surface area contributed by atoms with Gasteiger partial charge < -0.3 is 41.0 Å². The minimum absolute atomic E-state index is 0.0405. The number of alkyl halides is 1. The normalized spacial score (nSPS) is 16.1. The molecule has 2 heterocycles. The van der Waals surface area contributed by atoms with Gasteiger partial charge in [0, 0.05) is 50.0 Å². The number of amides is 5. The molecule has 1 saturated heterocycles. The molecular weight excluding hydrogens is 668 g/mol. The van der Waals surface area contributed by atoms with Gasteiger partial charge >= 0.3 is 5.97 Å². The van der Waals surface area contributed by atoms with Crippen molar-refractivity contribution in [2.45, 2.75) is 69.1 Å². The van der Waals surface area contributed by atoms with Crippen molar-refractivity contribution in [3.63, 3.8) is 0 Å². The van der Waals surface area contributed by atoms with Gasteiger partial charge in [-0.2, -0.15) is 0 Å². The van der Waals surface area contributed by atoms with Crippen LogP contribution in [0.15, 0.2) is 54.7 Å². The van der Waals surface area contributed by atoms with Crippen LogP contribution in [0.2, 0.25) is 0 Å². The molecule has 0 saturated carbocycles. The van der Waals surface area contributed by atoms with E-state index >= 15 is 0 Å². The van der Waals surface area contributed by atoms with E-state index in [0.29, 0.717) is 24.8 Å². The molecule has 1 aliphatic rings. The molecule has 15 heteroatoms. The summed E-state index contributed by atoms with van der Waals surface area (Å²) in [6.07, 6.45) is 3.18. The Hall–Kier alpha value is -5.11. The summed E-state index contributed by atoms with van der Waals surface area (Å²) in [5.74, 6) is -4.03. The number of para-hydroxylation sites is 1. The first-order valence-corrected chi connectivity index (χ1v) is 16.9. The summed E-state index contributed by atoms with van der Waals surface area (Å²) in [6, 6.07) is 9.26. The number of aromatic amines is 1. The van der Waals surface area contributed by atoms with E-state index in [1.165, 1.54) is 36.1 Å². The number of carbonyl (C=O) groups excluding carboxylic acids is 6. The molecule has 50 heavy (non-hydrogen) atoms. The molecule has 0 radical (unpaired) electrons. The monoisotopic (exact) mass is 710 g/mol. The zero-order valence-corrected chi connectivity index (χ0v) is 28.8. The highest BCUT2D eigenvalue weighted by atomic mass is 35.5. The summed E-state index contributed by atoms with van der Waals surface area (Å²) in [6.45, 7) is 0.213. The number of esters is 1. The Morgan fingerprint density at radius 3 is 2.44 bits per heavy atom. The summed E-state index contributed by atoms with van der Waals surface area (Å²) in [5, 5.41) is 15.8. The highest BCUT2D eigenvalue weighted by molar-refractivity contribution is 6.27. The number of ether oxygens (including phenoxy) is 1. The second-order valence-corrected chi connectivity index (χ2v) is 12.5. The SMILES string of the molecule is COC(=O)CC[C@H](NC(=O)CCl)C(=O)N1CCCC[C@H]1C(=O)N(C)[C@@H](Cc1c[nH]c2ccccc12)C(=O)N[C@@H](Cc1ccc(O)cc1)C(N)=O. The van der Waals surface area contributed by atoms with Crippen LogP contribution in [-0.4, -0.2) is 106 Å². The van der Waals surface area contributed by atoms with Gasteiger partial charge in [-0.05, 0) is 55.0 Å². The van der Waals surface area contributed by atoms with Gasteiger partial charge in [0.25, 0.3) is 0 Å². The molecule has 4 atom stereocenters. The summed E-state index contributed by atoms with van der Waals surface area (Å²) in [7, 11) is 2.69. The largest absolute Gasteiger partial charge is 0.508 e. The fraction of sp³-hybridized carbons (Fsp3) is 0.429. The van der Waals surface area contributed by atoms with E-state index in [-0.39, 0.29) is 38.0 Å². The maximum Gasteiger partial charge on any atom is 0.305 e. The molecule has 6 N–H and O–H groups in total. The van der Waals surface area contributed by atoms with Crippen molar-refractivity contribution in [2.24, 2.45) is 5.73 Å². The fourth-order valence-corrected chi connectivity index (χ4v) is 6.25. The number of benzene rings is 2. The van der Waals surface area contributed by atoms with Crippen molar-refractivity contribution in [1.29, 1.82) is 0 Å². The van der Waals surface area contributed by atoms with Gasteiger partial charge in [0.2, 0.25) is 29.5 Å². The number of aromatic hydroxyl groups is 1. The third kappa shape index (κ3) is 9.53. The van der Waals surface area contributed by atoms with Crippen molar-refractivity contribution in [3.05, 3.63) is 65.9 Å². The van der Waals surface area contributed by atoms with Crippen molar-refractivity contribution in [3.8, 4) is 5.75 Å². The van der Waals surface area contributed by atoms with Crippen LogP contribution in [0.3, 0.4) is 0 Å². The molecule has 0 unspecified atom stereocenters. The Morgan fingerprint density at radius 2 is 1.76 bits per heavy atom. The molecule has 5 amide bonds. The molecule has 2 aromatic carbocycles. The molecule has 0 spiro atoms. The number of primary amides is 1. The van der Waals surface area contributed by atoms with E-state index in [0.717, 1.165) is 16.5 Å². The van der Waals surface area contributed by atoms with E-state index in [2.05, 4.69) is 15.6 Å². The van der Waals surface area contributed by atoms with Gasteiger partial charge in [-0.1, -0.05) is 30.3 Å². The fourth-order valence-electron chi connectivity index (χ4n) is 6.17. The second-order valence-electron chi connectivity index (χ2n) is 12.3. The maximum atomic E-state index is 14.4. The summed E-state index contributed by atoms with van der Waals surface area (Å²) >= 11 is 5.69. The standard InChI is InChI=1S/C35H43ClN6O8/c1-41(35(49)28-9-5-6-16-42(28)34(48)26(39-30(44)19-36)14-15-31(45)50-2)29(18-22-20-38-25-8-4-3-7-24(22)25)33(47)40-27(32(37)46)17-21-10-12-23(43)13-11-21/h3-4,7-8,10-13,20,26-29,38,43H,5-6,9,14-19H2,1-2H3,(H2,37,46)(H,39,44)(H,40,47)/t26-,27-,28-,29-/m0/s1. The van der Waals surface area contributed by atoms with E-state index < -0.39 is 65.6 Å². The molecule has 4 rings (SSSR count). The van der Waals surface area contributed by atoms with E-state index in [1.54, 1.807) is 18.3 Å². The number of piperidine rings is 1. The number of halogens is 1. The molecule has 268 valence electrons. The molecule has 1 fully saturated rings. The number of carbonyl (C=O) groups is 6. The lowest BCUT2D eigenvalue weighted by Crippen LogP contribution is -2.61. The third-order valence-electron chi connectivity index (χ3n) is 8.93. The van der Waals surface area contributed by atoms with Crippen LogP contribution in [0.4, 0.5) is 0 Å². The second kappa shape index (κ2) is 17.5. The van der Waals surface area contributed by atoms with Crippen LogP contribution in [0, 0.1) is 0 Å². The average molecular weight is 711 g/mol. The van der Waals surface area contributed by atoms with E-state index in [9.17, 15) is 33.9 Å². The Bertz CT molecular complexity index is 1700. The number of nitrogens with zero attached hydrogens (tertiary/aromatic N) is 2. The number of hydrogen-bond donors (Lipinski definition) is 5. The molecule has 3 aromatic rings. The number of phenols is 1. The van der Waals surface area contributed by atoms with Gasteiger partial charge in [-0.25, -0.2) is 0 Å². The number of nitrogens with two attached hydrogens (primary N) is 1. The van der Waals surface area contributed by atoms with Crippen molar-refractivity contribution >= 4 is 58.0 Å². The first-order chi connectivity index (χ1) is 23.9. The zero-order valence-electron chi connectivity index (χ0n) is 28.0. The van der Waals surface area contributed by atoms with Crippen molar-refractivity contribution in [1.82, 2.24) is 25.4 Å². The average Bonchev–Trinajstić information content (AvgIpc) is 3.54. The van der Waals surface area contributed by atoms with Gasteiger partial charge in [-0.3, -0.25) is 28.8 Å². The van der Waals surface area contributed by atoms with Gasteiger partial charge in [-0.15, -0.1) is 11.6 Å². The number of phenolic OH excluding ortho intramolecular Hbond substituents is 1. The number of H-pyrrole nitrogens is 1. The Kier molecular flexibility index (Phi) is 13.2. The number of likely N-dealkylation sites (N-methyl/N-ethyl adjacent to an activating group) is 1. The van der Waals surface area contributed by atoms with Crippen LogP contribution in [-0.2, 0) is 46.3 Å². The predicted octanol–water partition coefficient (Wildman–Crippen LogP) is 1.51. The molecular formula is C35H43ClN6O8.